The van der Waals surface area contributed by atoms with Crippen LogP contribution in [0, 0.1) is 11.8 Å². The van der Waals surface area contributed by atoms with Gasteiger partial charge >= 0.3 is 0 Å². The molecule has 0 radical (unpaired) electrons. The van der Waals surface area contributed by atoms with E-state index in [4.69, 9.17) is 4.74 Å². The Morgan fingerprint density at radius 3 is 3.27 bits per heavy atom. The number of hydrogen-bond acceptors (Lipinski definition) is 2. The number of benzene rings is 1. The minimum atomic E-state index is 0.467. The molecule has 0 aliphatic carbocycles. The summed E-state index contributed by atoms with van der Waals surface area (Å²) < 4.78 is 5.61. The molecule has 1 aliphatic rings. The highest BCUT2D eigenvalue weighted by Crippen LogP contribution is 2.31. The van der Waals surface area contributed by atoms with Crippen molar-refractivity contribution in [2.24, 2.45) is 0 Å². The van der Waals surface area contributed by atoms with Gasteiger partial charge in [0.1, 0.15) is 12.4 Å². The van der Waals surface area contributed by atoms with Crippen LogP contribution in [-0.4, -0.2) is 13.2 Å². The van der Waals surface area contributed by atoms with Crippen LogP contribution in [0.15, 0.2) is 18.2 Å². The largest absolute Gasteiger partial charge is 0.479 e. The average molecular weight is 201 g/mol. The van der Waals surface area contributed by atoms with Gasteiger partial charge in [0, 0.05) is 6.54 Å². The number of para-hydroxylation sites is 1. The monoisotopic (exact) mass is 201 g/mol. The van der Waals surface area contributed by atoms with E-state index in [-0.39, 0.29) is 0 Å². The maximum absolute atomic E-state index is 5.61. The van der Waals surface area contributed by atoms with Gasteiger partial charge in [0.05, 0.1) is 5.69 Å². The van der Waals surface area contributed by atoms with E-state index in [1.54, 1.807) is 0 Å². The van der Waals surface area contributed by atoms with Gasteiger partial charge in [0.15, 0.2) is 0 Å². The Kier molecular flexibility index (Phi) is 3.14. The topological polar surface area (TPSA) is 21.3 Å². The van der Waals surface area contributed by atoms with Gasteiger partial charge in [-0.2, -0.15) is 0 Å². The molecule has 2 heteroatoms. The van der Waals surface area contributed by atoms with Crippen LogP contribution in [0.2, 0.25) is 0 Å². The van der Waals surface area contributed by atoms with Crippen molar-refractivity contribution < 1.29 is 4.74 Å². The molecular formula is C13H15NO. The van der Waals surface area contributed by atoms with Gasteiger partial charge in [-0.05, 0) is 31.4 Å². The molecule has 0 atom stereocenters. The zero-order valence-electron chi connectivity index (χ0n) is 8.97. The summed E-state index contributed by atoms with van der Waals surface area (Å²) in [4.78, 5) is 0. The zero-order valence-corrected chi connectivity index (χ0v) is 8.97. The first-order chi connectivity index (χ1) is 7.42. The van der Waals surface area contributed by atoms with Crippen LogP contribution >= 0.6 is 0 Å². The molecule has 0 amide bonds. The van der Waals surface area contributed by atoms with Crippen molar-refractivity contribution in [2.75, 3.05) is 18.5 Å². The number of aryl methyl sites for hydroxylation is 1. The van der Waals surface area contributed by atoms with Gasteiger partial charge in [-0.25, -0.2) is 0 Å². The molecule has 15 heavy (non-hydrogen) atoms. The number of ether oxygens (including phenoxy) is 1. The van der Waals surface area contributed by atoms with Crippen molar-refractivity contribution in [3.63, 3.8) is 0 Å². The summed E-state index contributed by atoms with van der Waals surface area (Å²) in [6.07, 6.45) is 2.34. The molecule has 0 fully saturated rings. The Morgan fingerprint density at radius 2 is 2.40 bits per heavy atom. The quantitative estimate of drug-likeness (QED) is 0.742. The Labute approximate surface area is 90.6 Å². The molecule has 1 aliphatic heterocycles. The van der Waals surface area contributed by atoms with Crippen LogP contribution in [0.4, 0.5) is 5.69 Å². The Bertz CT molecular complexity index is 401. The summed E-state index contributed by atoms with van der Waals surface area (Å²) in [7, 11) is 0. The molecule has 2 rings (SSSR count). The third kappa shape index (κ3) is 2.24. The standard InChI is InChI=1S/C13H15NO/c1-2-3-10-15-12-8-4-6-11-7-5-9-14-13(11)12/h4,6,8,14H,5,7,9-10H2,1H3. The van der Waals surface area contributed by atoms with E-state index in [1.165, 1.54) is 12.0 Å². The predicted molar refractivity (Wildman–Crippen MR) is 62.2 cm³/mol. The highest BCUT2D eigenvalue weighted by atomic mass is 16.5. The molecule has 0 spiro atoms. The number of nitrogens with one attached hydrogen (secondary N) is 1. The van der Waals surface area contributed by atoms with Gasteiger partial charge in [-0.3, -0.25) is 0 Å². The lowest BCUT2D eigenvalue weighted by Crippen LogP contribution is -2.13. The average Bonchev–Trinajstić information content (AvgIpc) is 2.30. The summed E-state index contributed by atoms with van der Waals surface area (Å²) in [6.45, 7) is 3.32. The second kappa shape index (κ2) is 4.75. The van der Waals surface area contributed by atoms with Gasteiger partial charge in [0.25, 0.3) is 0 Å². The van der Waals surface area contributed by atoms with E-state index < -0.39 is 0 Å². The summed E-state index contributed by atoms with van der Waals surface area (Å²) in [6, 6.07) is 6.19. The Balaban J connectivity index is 2.18. The minimum absolute atomic E-state index is 0.467. The van der Waals surface area contributed by atoms with E-state index in [9.17, 15) is 0 Å². The van der Waals surface area contributed by atoms with Crippen molar-refractivity contribution in [3.05, 3.63) is 23.8 Å². The molecule has 1 heterocycles. The summed E-state index contributed by atoms with van der Waals surface area (Å²) in [5.74, 6) is 6.65. The van der Waals surface area contributed by atoms with Crippen molar-refractivity contribution >= 4 is 5.69 Å². The van der Waals surface area contributed by atoms with Gasteiger partial charge < -0.3 is 10.1 Å². The third-order valence-electron chi connectivity index (χ3n) is 2.51. The Morgan fingerprint density at radius 1 is 1.47 bits per heavy atom. The number of hydrogen-bond donors (Lipinski definition) is 1. The fourth-order valence-electron chi connectivity index (χ4n) is 1.78. The lowest BCUT2D eigenvalue weighted by atomic mass is 10.0. The SMILES string of the molecule is CC#CCOc1cccc2c1NCCC2. The first-order valence-electron chi connectivity index (χ1n) is 5.30. The molecule has 0 aromatic heterocycles. The molecule has 1 aromatic rings. The van der Waals surface area contributed by atoms with Crippen LogP contribution in [-0.2, 0) is 6.42 Å². The molecule has 0 saturated heterocycles. The fraction of sp³-hybridized carbons (Fsp3) is 0.385. The smallest absolute Gasteiger partial charge is 0.149 e. The lowest BCUT2D eigenvalue weighted by molar-refractivity contribution is 0.371. The second-order valence-corrected chi connectivity index (χ2v) is 3.54. The van der Waals surface area contributed by atoms with Crippen LogP contribution in [0.1, 0.15) is 18.9 Å². The van der Waals surface area contributed by atoms with E-state index in [2.05, 4.69) is 23.2 Å². The van der Waals surface area contributed by atoms with Crippen LogP contribution in [0.3, 0.4) is 0 Å². The highest BCUT2D eigenvalue weighted by Gasteiger charge is 2.12. The second-order valence-electron chi connectivity index (χ2n) is 3.54. The van der Waals surface area contributed by atoms with E-state index in [0.717, 1.165) is 24.4 Å². The number of rotatable bonds is 2. The summed E-state index contributed by atoms with van der Waals surface area (Å²) in [5.41, 5.74) is 2.50. The van der Waals surface area contributed by atoms with Crippen molar-refractivity contribution in [3.8, 4) is 17.6 Å². The van der Waals surface area contributed by atoms with Gasteiger partial charge in [0.2, 0.25) is 0 Å². The van der Waals surface area contributed by atoms with Crippen molar-refractivity contribution in [2.45, 2.75) is 19.8 Å². The van der Waals surface area contributed by atoms with E-state index in [1.807, 2.05) is 19.1 Å². The van der Waals surface area contributed by atoms with Crippen LogP contribution < -0.4 is 10.1 Å². The maximum Gasteiger partial charge on any atom is 0.149 e. The number of fused-ring (bicyclic) bond motifs is 1. The first kappa shape index (κ1) is 9.92. The minimum Gasteiger partial charge on any atom is -0.479 e. The van der Waals surface area contributed by atoms with E-state index in [0.29, 0.717) is 6.61 Å². The summed E-state index contributed by atoms with van der Waals surface area (Å²) in [5, 5.41) is 3.38. The highest BCUT2D eigenvalue weighted by molar-refractivity contribution is 5.63. The molecule has 78 valence electrons. The van der Waals surface area contributed by atoms with Crippen molar-refractivity contribution in [1.29, 1.82) is 0 Å². The molecule has 1 aromatic carbocycles. The molecular weight excluding hydrogens is 186 g/mol. The Hall–Kier alpha value is -1.62. The number of anilines is 1. The zero-order chi connectivity index (χ0) is 10.5. The molecule has 0 unspecified atom stereocenters. The molecule has 0 saturated carbocycles. The molecule has 1 N–H and O–H groups in total. The van der Waals surface area contributed by atoms with E-state index >= 15 is 0 Å². The third-order valence-corrected chi connectivity index (χ3v) is 2.51. The van der Waals surface area contributed by atoms with Crippen LogP contribution in [0.5, 0.6) is 5.75 Å². The van der Waals surface area contributed by atoms with Gasteiger partial charge in [-0.15, -0.1) is 5.92 Å². The van der Waals surface area contributed by atoms with Crippen LogP contribution in [0.25, 0.3) is 0 Å². The molecule has 0 bridgehead atoms. The van der Waals surface area contributed by atoms with Gasteiger partial charge in [-0.1, -0.05) is 18.1 Å². The first-order valence-corrected chi connectivity index (χ1v) is 5.30. The van der Waals surface area contributed by atoms with Crippen molar-refractivity contribution in [1.82, 2.24) is 0 Å². The fourth-order valence-corrected chi connectivity index (χ4v) is 1.78. The summed E-state index contributed by atoms with van der Waals surface area (Å²) >= 11 is 0. The predicted octanol–water partition coefficient (Wildman–Crippen LogP) is 2.45. The maximum atomic E-state index is 5.61. The molecule has 2 nitrogen and oxygen atoms in total. The normalized spacial score (nSPS) is 13.1. The lowest BCUT2D eigenvalue weighted by Gasteiger charge is -2.20.